The highest BCUT2D eigenvalue weighted by molar-refractivity contribution is 5.85. The van der Waals surface area contributed by atoms with Gasteiger partial charge in [0, 0.05) is 25.8 Å². The van der Waals surface area contributed by atoms with Gasteiger partial charge in [0.25, 0.3) is 0 Å². The number of anilines is 1. The maximum Gasteiger partial charge on any atom is 0.376 e. The summed E-state index contributed by atoms with van der Waals surface area (Å²) in [6, 6.07) is 2.21. The molecule has 6 heteroatoms. The number of hydrogen-bond acceptors (Lipinski definition) is 6. The van der Waals surface area contributed by atoms with Crippen LogP contribution in [0.15, 0.2) is 12.3 Å². The molecule has 0 aliphatic carbocycles. The maximum absolute atomic E-state index is 11.4. The van der Waals surface area contributed by atoms with Gasteiger partial charge < -0.3 is 15.0 Å². The van der Waals surface area contributed by atoms with Crippen LogP contribution < -0.4 is 10.2 Å². The summed E-state index contributed by atoms with van der Waals surface area (Å²) in [5.41, 5.74) is 0. The lowest BCUT2D eigenvalue weighted by Gasteiger charge is -2.32. The van der Waals surface area contributed by atoms with Gasteiger partial charge in [-0.05, 0) is 25.5 Å². The van der Waals surface area contributed by atoms with Crippen LogP contribution in [-0.4, -0.2) is 49.2 Å². The number of esters is 1. The molecule has 2 heterocycles. The average molecular weight is 250 g/mol. The van der Waals surface area contributed by atoms with Gasteiger partial charge in [-0.2, -0.15) is 0 Å². The minimum Gasteiger partial charge on any atom is -0.463 e. The molecule has 98 valence electrons. The zero-order chi connectivity index (χ0) is 13.0. The maximum atomic E-state index is 11.4. The molecule has 1 aliphatic rings. The lowest BCUT2D eigenvalue weighted by Crippen LogP contribution is -2.44. The van der Waals surface area contributed by atoms with E-state index in [0.29, 0.717) is 6.04 Å². The Bertz CT molecular complexity index is 418. The second-order valence-corrected chi connectivity index (χ2v) is 4.34. The van der Waals surface area contributed by atoms with E-state index in [0.717, 1.165) is 31.7 Å². The molecular weight excluding hydrogens is 232 g/mol. The summed E-state index contributed by atoms with van der Waals surface area (Å²) >= 11 is 0. The van der Waals surface area contributed by atoms with Gasteiger partial charge in [-0.25, -0.2) is 14.8 Å². The number of piperidine rings is 1. The van der Waals surface area contributed by atoms with Gasteiger partial charge in [-0.15, -0.1) is 0 Å². The smallest absolute Gasteiger partial charge is 0.376 e. The number of methoxy groups -OCH3 is 1. The number of rotatable bonds is 3. The lowest BCUT2D eigenvalue weighted by atomic mass is 10.1. The zero-order valence-electron chi connectivity index (χ0n) is 10.7. The normalized spacial score (nSPS) is 19.3. The Hall–Kier alpha value is -1.69. The first-order chi connectivity index (χ1) is 8.72. The van der Waals surface area contributed by atoms with Crippen LogP contribution in [0.1, 0.15) is 23.5 Å². The number of nitrogens with one attached hydrogen (secondary N) is 1. The van der Waals surface area contributed by atoms with E-state index in [1.54, 1.807) is 12.3 Å². The third kappa shape index (κ3) is 2.76. The topological polar surface area (TPSA) is 67.3 Å². The quantitative estimate of drug-likeness (QED) is 0.786. The third-order valence-electron chi connectivity index (χ3n) is 3.19. The van der Waals surface area contributed by atoms with E-state index in [9.17, 15) is 4.79 Å². The molecule has 1 aromatic rings. The van der Waals surface area contributed by atoms with Gasteiger partial charge in [0.15, 0.2) is 0 Å². The first-order valence-electron chi connectivity index (χ1n) is 6.07. The number of aromatic nitrogens is 2. The first-order valence-corrected chi connectivity index (χ1v) is 6.07. The van der Waals surface area contributed by atoms with Crippen molar-refractivity contribution in [2.45, 2.75) is 18.9 Å². The molecule has 0 saturated carbocycles. The van der Waals surface area contributed by atoms with Gasteiger partial charge >= 0.3 is 5.97 Å². The monoisotopic (exact) mass is 250 g/mol. The summed E-state index contributed by atoms with van der Waals surface area (Å²) in [4.78, 5) is 21.6. The molecule has 1 fully saturated rings. The summed E-state index contributed by atoms with van der Waals surface area (Å²) in [7, 11) is 3.31. The largest absolute Gasteiger partial charge is 0.463 e. The fourth-order valence-corrected chi connectivity index (χ4v) is 2.09. The van der Waals surface area contributed by atoms with Crippen LogP contribution in [0.25, 0.3) is 0 Å². The van der Waals surface area contributed by atoms with Gasteiger partial charge in [-0.3, -0.25) is 0 Å². The molecule has 2 rings (SSSR count). The summed E-state index contributed by atoms with van der Waals surface area (Å²) in [6.07, 6.45) is 3.87. The fourth-order valence-electron chi connectivity index (χ4n) is 2.09. The molecule has 1 N–H and O–H groups in total. The van der Waals surface area contributed by atoms with Crippen LogP contribution in [0.4, 0.5) is 5.82 Å². The Kier molecular flexibility index (Phi) is 4.09. The molecule has 6 nitrogen and oxygen atoms in total. The van der Waals surface area contributed by atoms with Crippen molar-refractivity contribution in [3.63, 3.8) is 0 Å². The molecular formula is C12H18N4O2. The van der Waals surface area contributed by atoms with Crippen LogP contribution in [0.5, 0.6) is 0 Å². The van der Waals surface area contributed by atoms with Crippen LogP contribution in [0, 0.1) is 0 Å². The van der Waals surface area contributed by atoms with Crippen molar-refractivity contribution in [2.24, 2.45) is 0 Å². The zero-order valence-corrected chi connectivity index (χ0v) is 10.7. The summed E-state index contributed by atoms with van der Waals surface area (Å²) in [6.45, 7) is 2.01. The SMILES string of the molecule is COC(=O)c1nccc(N(C)C2CCCNC2)n1. The Labute approximate surface area is 106 Å². The number of nitrogens with zero attached hydrogens (tertiary/aromatic N) is 3. The molecule has 1 saturated heterocycles. The van der Waals surface area contributed by atoms with E-state index in [-0.39, 0.29) is 5.82 Å². The molecule has 1 unspecified atom stereocenters. The third-order valence-corrected chi connectivity index (χ3v) is 3.19. The van der Waals surface area contributed by atoms with Crippen molar-refractivity contribution in [3.05, 3.63) is 18.1 Å². The predicted molar refractivity (Wildman–Crippen MR) is 67.7 cm³/mol. The average Bonchev–Trinajstić information content (AvgIpc) is 2.46. The second kappa shape index (κ2) is 5.77. The van der Waals surface area contributed by atoms with Crippen molar-refractivity contribution >= 4 is 11.8 Å². The van der Waals surface area contributed by atoms with Gasteiger partial charge in [0.05, 0.1) is 7.11 Å². The Balaban J connectivity index is 2.14. The number of ether oxygens (including phenoxy) is 1. The van der Waals surface area contributed by atoms with Gasteiger partial charge in [-0.1, -0.05) is 0 Å². The number of carbonyl (C=O) groups is 1. The fraction of sp³-hybridized carbons (Fsp3) is 0.583. The molecule has 1 aliphatic heterocycles. The molecule has 1 aromatic heterocycles. The summed E-state index contributed by atoms with van der Waals surface area (Å²) < 4.78 is 4.62. The Morgan fingerprint density at radius 1 is 1.61 bits per heavy atom. The van der Waals surface area contributed by atoms with Crippen molar-refractivity contribution in [1.82, 2.24) is 15.3 Å². The van der Waals surface area contributed by atoms with Crippen molar-refractivity contribution in [2.75, 3.05) is 32.1 Å². The van der Waals surface area contributed by atoms with E-state index >= 15 is 0 Å². The van der Waals surface area contributed by atoms with Gasteiger partial charge in [0.2, 0.25) is 5.82 Å². The van der Waals surface area contributed by atoms with E-state index in [2.05, 4.69) is 24.9 Å². The Morgan fingerprint density at radius 2 is 2.44 bits per heavy atom. The highest BCUT2D eigenvalue weighted by atomic mass is 16.5. The minimum absolute atomic E-state index is 0.102. The molecule has 0 aromatic carbocycles. The van der Waals surface area contributed by atoms with E-state index in [4.69, 9.17) is 0 Å². The molecule has 1 atom stereocenters. The van der Waals surface area contributed by atoms with E-state index in [1.165, 1.54) is 7.11 Å². The highest BCUT2D eigenvalue weighted by Gasteiger charge is 2.20. The van der Waals surface area contributed by atoms with E-state index < -0.39 is 5.97 Å². The number of hydrogen-bond donors (Lipinski definition) is 1. The Morgan fingerprint density at radius 3 is 3.11 bits per heavy atom. The van der Waals surface area contributed by atoms with Crippen molar-refractivity contribution in [1.29, 1.82) is 0 Å². The molecule has 18 heavy (non-hydrogen) atoms. The van der Waals surface area contributed by atoms with Crippen molar-refractivity contribution in [3.8, 4) is 0 Å². The number of carbonyl (C=O) groups excluding carboxylic acids is 1. The lowest BCUT2D eigenvalue weighted by molar-refractivity contribution is 0.0586. The number of likely N-dealkylation sites (N-methyl/N-ethyl adjacent to an activating group) is 1. The predicted octanol–water partition coefficient (Wildman–Crippen LogP) is 0.451. The van der Waals surface area contributed by atoms with Crippen LogP contribution in [0.2, 0.25) is 0 Å². The van der Waals surface area contributed by atoms with Crippen LogP contribution in [-0.2, 0) is 4.74 Å². The minimum atomic E-state index is -0.507. The molecule has 0 bridgehead atoms. The molecule has 0 spiro atoms. The van der Waals surface area contributed by atoms with E-state index in [1.807, 2.05) is 7.05 Å². The van der Waals surface area contributed by atoms with Crippen molar-refractivity contribution < 1.29 is 9.53 Å². The second-order valence-electron chi connectivity index (χ2n) is 4.34. The van der Waals surface area contributed by atoms with Gasteiger partial charge in [0.1, 0.15) is 5.82 Å². The highest BCUT2D eigenvalue weighted by Crippen LogP contribution is 2.16. The standard InChI is InChI=1S/C12H18N4O2/c1-16(9-4-3-6-13-8-9)10-5-7-14-11(15-10)12(17)18-2/h5,7,9,13H,3-4,6,8H2,1-2H3. The van der Waals surface area contributed by atoms with Crippen LogP contribution >= 0.6 is 0 Å². The van der Waals surface area contributed by atoms with Crippen LogP contribution in [0.3, 0.4) is 0 Å². The molecule has 0 radical (unpaired) electrons. The summed E-state index contributed by atoms with van der Waals surface area (Å²) in [5, 5.41) is 3.36. The first kappa shape index (κ1) is 12.8. The molecule has 0 amide bonds. The summed E-state index contributed by atoms with van der Waals surface area (Å²) in [5.74, 6) is 0.344.